The molecule has 2 saturated heterocycles. The SMILES string of the molecule is O=C1OCC2C1[C@H]1O[C@@H]2C(=O)C2=C1CCC2. The van der Waals surface area contributed by atoms with Crippen molar-refractivity contribution < 1.29 is 19.1 Å². The van der Waals surface area contributed by atoms with Crippen LogP contribution in [0.25, 0.3) is 0 Å². The Morgan fingerprint density at radius 3 is 2.88 bits per heavy atom. The van der Waals surface area contributed by atoms with Crippen LogP contribution in [0.15, 0.2) is 11.1 Å². The zero-order valence-corrected chi connectivity index (χ0v) is 8.77. The fourth-order valence-electron chi connectivity index (χ4n) is 3.61. The van der Waals surface area contributed by atoms with Crippen molar-refractivity contribution in [3.05, 3.63) is 11.1 Å². The first-order valence-corrected chi connectivity index (χ1v) is 5.85. The quantitative estimate of drug-likeness (QED) is 0.561. The van der Waals surface area contributed by atoms with Gasteiger partial charge in [-0.05, 0) is 30.4 Å². The summed E-state index contributed by atoms with van der Waals surface area (Å²) in [7, 11) is 0. The summed E-state index contributed by atoms with van der Waals surface area (Å²) < 4.78 is 10.8. The van der Waals surface area contributed by atoms with Gasteiger partial charge < -0.3 is 9.47 Å². The molecule has 4 aliphatic rings. The van der Waals surface area contributed by atoms with E-state index in [1.807, 2.05) is 0 Å². The summed E-state index contributed by atoms with van der Waals surface area (Å²) in [5.74, 6) is -0.296. The number of Topliss-reactive ketones (excluding diaryl/α,β-unsaturated/α-hetero) is 1. The van der Waals surface area contributed by atoms with Gasteiger partial charge in [-0.25, -0.2) is 0 Å². The summed E-state index contributed by atoms with van der Waals surface area (Å²) in [6.07, 6.45) is 2.25. The highest BCUT2D eigenvalue weighted by atomic mass is 16.6. The van der Waals surface area contributed by atoms with Gasteiger partial charge in [0, 0.05) is 5.92 Å². The molecule has 0 radical (unpaired) electrons. The predicted molar refractivity (Wildman–Crippen MR) is 52.5 cm³/mol. The zero-order valence-electron chi connectivity index (χ0n) is 8.77. The average Bonchev–Trinajstić information content (AvgIpc) is 2.92. The number of ether oxygens (including phenoxy) is 2. The van der Waals surface area contributed by atoms with Gasteiger partial charge in [0.25, 0.3) is 0 Å². The van der Waals surface area contributed by atoms with E-state index in [4.69, 9.17) is 9.47 Å². The molecule has 2 unspecified atom stereocenters. The highest BCUT2D eigenvalue weighted by Gasteiger charge is 2.60. The van der Waals surface area contributed by atoms with Crippen LogP contribution in [-0.4, -0.2) is 30.6 Å². The third-order valence-electron chi connectivity index (χ3n) is 4.32. The van der Waals surface area contributed by atoms with Gasteiger partial charge in [0.15, 0.2) is 5.78 Å². The first-order valence-electron chi connectivity index (χ1n) is 5.85. The number of hydrogen-bond donors (Lipinski definition) is 0. The molecule has 0 aromatic carbocycles. The molecule has 3 aliphatic heterocycles. The van der Waals surface area contributed by atoms with Crippen molar-refractivity contribution in [2.45, 2.75) is 31.5 Å². The summed E-state index contributed by atoms with van der Waals surface area (Å²) in [6, 6.07) is 0. The Morgan fingerprint density at radius 1 is 1.12 bits per heavy atom. The molecule has 84 valence electrons. The van der Waals surface area contributed by atoms with Crippen molar-refractivity contribution in [2.75, 3.05) is 6.61 Å². The van der Waals surface area contributed by atoms with E-state index >= 15 is 0 Å². The van der Waals surface area contributed by atoms with E-state index in [9.17, 15) is 9.59 Å². The van der Waals surface area contributed by atoms with Gasteiger partial charge in [-0.3, -0.25) is 9.59 Å². The lowest BCUT2D eigenvalue weighted by atomic mass is 9.88. The van der Waals surface area contributed by atoms with Crippen LogP contribution in [0, 0.1) is 11.8 Å². The maximum Gasteiger partial charge on any atom is 0.312 e. The molecule has 0 amide bonds. The number of hydrogen-bond acceptors (Lipinski definition) is 4. The molecule has 1 aliphatic carbocycles. The topological polar surface area (TPSA) is 52.6 Å². The maximum absolute atomic E-state index is 12.2. The van der Waals surface area contributed by atoms with Crippen LogP contribution in [-0.2, 0) is 19.1 Å². The van der Waals surface area contributed by atoms with Crippen molar-refractivity contribution in [1.29, 1.82) is 0 Å². The number of carbonyl (C=O) groups is 2. The van der Waals surface area contributed by atoms with Crippen molar-refractivity contribution in [2.24, 2.45) is 11.8 Å². The molecule has 3 heterocycles. The lowest BCUT2D eigenvalue weighted by Gasteiger charge is -2.24. The van der Waals surface area contributed by atoms with Crippen molar-refractivity contribution in [3.8, 4) is 0 Å². The van der Waals surface area contributed by atoms with Crippen molar-refractivity contribution in [3.63, 3.8) is 0 Å². The van der Waals surface area contributed by atoms with Crippen LogP contribution in [0.3, 0.4) is 0 Å². The van der Waals surface area contributed by atoms with E-state index in [1.54, 1.807) is 0 Å². The number of esters is 1. The van der Waals surface area contributed by atoms with Crippen LogP contribution in [0.2, 0.25) is 0 Å². The number of cyclic esters (lactones) is 1. The molecule has 4 nitrogen and oxygen atoms in total. The Labute approximate surface area is 92.6 Å². The molecule has 16 heavy (non-hydrogen) atoms. The zero-order chi connectivity index (χ0) is 10.9. The Hall–Kier alpha value is -1.16. The number of fused-ring (bicyclic) bond motifs is 6. The first-order chi connectivity index (χ1) is 7.77. The number of rotatable bonds is 0. The van der Waals surface area contributed by atoms with Crippen molar-refractivity contribution in [1.82, 2.24) is 0 Å². The van der Waals surface area contributed by atoms with Gasteiger partial charge in [0.05, 0.1) is 18.6 Å². The van der Waals surface area contributed by atoms with Crippen LogP contribution >= 0.6 is 0 Å². The maximum atomic E-state index is 12.2. The smallest absolute Gasteiger partial charge is 0.312 e. The molecular formula is C12H12O4. The van der Waals surface area contributed by atoms with E-state index in [2.05, 4.69) is 0 Å². The largest absolute Gasteiger partial charge is 0.465 e. The lowest BCUT2D eigenvalue weighted by Crippen LogP contribution is -2.33. The summed E-state index contributed by atoms with van der Waals surface area (Å²) in [4.78, 5) is 23.8. The summed E-state index contributed by atoms with van der Waals surface area (Å²) in [5, 5.41) is 0. The molecule has 0 saturated carbocycles. The third-order valence-corrected chi connectivity index (χ3v) is 4.32. The molecule has 2 fully saturated rings. The Kier molecular flexibility index (Phi) is 1.53. The van der Waals surface area contributed by atoms with Crippen LogP contribution < -0.4 is 0 Å². The molecule has 4 heteroatoms. The highest BCUT2D eigenvalue weighted by molar-refractivity contribution is 6.03. The monoisotopic (exact) mass is 220 g/mol. The molecule has 4 atom stereocenters. The van der Waals surface area contributed by atoms with Gasteiger partial charge in [-0.15, -0.1) is 0 Å². The normalized spacial score (nSPS) is 44.8. The van der Waals surface area contributed by atoms with E-state index in [-0.39, 0.29) is 29.7 Å². The van der Waals surface area contributed by atoms with Gasteiger partial charge in [-0.2, -0.15) is 0 Å². The van der Waals surface area contributed by atoms with Crippen LogP contribution in [0.4, 0.5) is 0 Å². The van der Waals surface area contributed by atoms with Gasteiger partial charge in [0.1, 0.15) is 6.10 Å². The lowest BCUT2D eigenvalue weighted by molar-refractivity contribution is -0.146. The minimum Gasteiger partial charge on any atom is -0.465 e. The molecule has 0 spiro atoms. The van der Waals surface area contributed by atoms with Gasteiger partial charge in [0.2, 0.25) is 0 Å². The summed E-state index contributed by atoms with van der Waals surface area (Å²) in [6.45, 7) is 0.358. The van der Waals surface area contributed by atoms with E-state index < -0.39 is 6.10 Å². The molecule has 2 bridgehead atoms. The average molecular weight is 220 g/mol. The van der Waals surface area contributed by atoms with Gasteiger partial charge >= 0.3 is 5.97 Å². The Balaban J connectivity index is 1.85. The first kappa shape index (κ1) is 8.93. The highest BCUT2D eigenvalue weighted by Crippen LogP contribution is 2.50. The van der Waals surface area contributed by atoms with E-state index in [0.717, 1.165) is 30.4 Å². The second-order valence-electron chi connectivity index (χ2n) is 5.02. The molecule has 4 rings (SSSR count). The predicted octanol–water partition coefficient (Wildman–Crippen LogP) is 0.606. The Bertz CT molecular complexity index is 436. The fourth-order valence-corrected chi connectivity index (χ4v) is 3.61. The van der Waals surface area contributed by atoms with Crippen LogP contribution in [0.5, 0.6) is 0 Å². The standard InChI is InChI=1S/C12H12O4/c13-9-5-2-1-3-6(5)10-8-7(11(9)16-10)4-15-12(8)14/h7-8,10-11H,1-4H2/t7?,8?,10-,11-/m0/s1. The minimum atomic E-state index is -0.404. The summed E-state index contributed by atoms with van der Waals surface area (Å²) >= 11 is 0. The molecule has 0 aromatic rings. The van der Waals surface area contributed by atoms with E-state index in [0.29, 0.717) is 6.61 Å². The Morgan fingerprint density at radius 2 is 2.00 bits per heavy atom. The number of carbonyl (C=O) groups excluding carboxylic acids is 2. The summed E-state index contributed by atoms with van der Waals surface area (Å²) in [5.41, 5.74) is 2.05. The molecule has 0 aromatic heterocycles. The van der Waals surface area contributed by atoms with E-state index in [1.165, 1.54) is 0 Å². The third kappa shape index (κ3) is 0.857. The van der Waals surface area contributed by atoms with Crippen LogP contribution in [0.1, 0.15) is 19.3 Å². The fraction of sp³-hybridized carbons (Fsp3) is 0.667. The second kappa shape index (κ2) is 2.74. The number of ketones is 1. The molecule has 0 N–H and O–H groups in total. The van der Waals surface area contributed by atoms with Gasteiger partial charge in [-0.1, -0.05) is 0 Å². The van der Waals surface area contributed by atoms with Crippen molar-refractivity contribution >= 4 is 11.8 Å². The minimum absolute atomic E-state index is 0.0319. The second-order valence-corrected chi connectivity index (χ2v) is 5.02. The molecular weight excluding hydrogens is 208 g/mol.